The average molecular weight is 438 g/mol. The molecule has 1 aliphatic rings. The van der Waals surface area contributed by atoms with Crippen molar-refractivity contribution in [3.63, 3.8) is 0 Å². The van der Waals surface area contributed by atoms with Crippen molar-refractivity contribution in [2.45, 2.75) is 63.7 Å². The molecule has 0 spiro atoms. The fourth-order valence-electron chi connectivity index (χ4n) is 2.58. The van der Waals surface area contributed by atoms with E-state index in [9.17, 15) is 24.3 Å². The lowest BCUT2D eigenvalue weighted by Gasteiger charge is -2.44. The van der Waals surface area contributed by atoms with Crippen LogP contribution in [0.4, 0.5) is 0 Å². The Kier molecular flexibility index (Phi) is 10.4. The second-order valence-corrected chi connectivity index (χ2v) is 7.37. The van der Waals surface area contributed by atoms with Gasteiger partial charge in [-0.25, -0.2) is 0 Å². The summed E-state index contributed by atoms with van der Waals surface area (Å²) >= 11 is 0.988. The predicted octanol–water partition coefficient (Wildman–Crippen LogP) is -0.844. The molecule has 6 atom stereocenters. The van der Waals surface area contributed by atoms with Crippen molar-refractivity contribution in [1.82, 2.24) is 0 Å². The van der Waals surface area contributed by atoms with Crippen LogP contribution in [0.5, 0.6) is 0 Å². The summed E-state index contributed by atoms with van der Waals surface area (Å²) in [4.78, 5) is 46.1. The van der Waals surface area contributed by atoms with Gasteiger partial charge in [0.25, 0.3) is 0 Å². The van der Waals surface area contributed by atoms with Crippen LogP contribution >= 0.6 is 11.8 Å². The van der Waals surface area contributed by atoms with Gasteiger partial charge in [0.15, 0.2) is 18.3 Å². The van der Waals surface area contributed by atoms with E-state index < -0.39 is 66.4 Å². The third kappa shape index (κ3) is 8.56. The molecule has 0 aromatic heterocycles. The van der Waals surface area contributed by atoms with E-state index in [2.05, 4.69) is 0 Å². The molecule has 1 saturated heterocycles. The SMILES string of the molecule is CC(=O)OC[C@H]1O[C@@H](SCC(O)CO)[C@H](OC(C)=O)[C@@H](OC(C)=O)[C@H]1OC(C)=O. The van der Waals surface area contributed by atoms with Crippen molar-refractivity contribution < 1.29 is 53.1 Å². The molecule has 1 aliphatic heterocycles. The lowest BCUT2D eigenvalue weighted by molar-refractivity contribution is -0.237. The highest BCUT2D eigenvalue weighted by molar-refractivity contribution is 7.99. The third-order valence-electron chi connectivity index (χ3n) is 3.61. The highest BCUT2D eigenvalue weighted by atomic mass is 32.2. The number of rotatable bonds is 9. The summed E-state index contributed by atoms with van der Waals surface area (Å²) in [6.45, 7) is 3.76. The molecule has 0 aromatic carbocycles. The van der Waals surface area contributed by atoms with Crippen molar-refractivity contribution in [3.05, 3.63) is 0 Å². The molecule has 12 heteroatoms. The molecule has 1 rings (SSSR count). The maximum Gasteiger partial charge on any atom is 0.303 e. The van der Waals surface area contributed by atoms with Crippen LogP contribution in [0, 0.1) is 0 Å². The molecule has 1 unspecified atom stereocenters. The topological polar surface area (TPSA) is 155 Å². The summed E-state index contributed by atoms with van der Waals surface area (Å²) in [5.74, 6) is -2.75. The normalized spacial score (nSPS) is 27.4. The van der Waals surface area contributed by atoms with Crippen molar-refractivity contribution in [1.29, 1.82) is 0 Å². The Balaban J connectivity index is 3.24. The second-order valence-electron chi connectivity index (χ2n) is 6.24. The predicted molar refractivity (Wildman–Crippen MR) is 97.5 cm³/mol. The minimum atomic E-state index is -1.25. The Morgan fingerprint density at radius 2 is 1.41 bits per heavy atom. The molecular formula is C17H26O11S. The van der Waals surface area contributed by atoms with Gasteiger partial charge in [-0.2, -0.15) is 0 Å². The van der Waals surface area contributed by atoms with E-state index >= 15 is 0 Å². The zero-order chi connectivity index (χ0) is 22.1. The van der Waals surface area contributed by atoms with Crippen LogP contribution in [0.3, 0.4) is 0 Å². The van der Waals surface area contributed by atoms with E-state index in [1.165, 1.54) is 6.92 Å². The maximum absolute atomic E-state index is 11.7. The molecule has 2 N–H and O–H groups in total. The Labute approximate surface area is 171 Å². The first kappa shape index (κ1) is 25.1. The molecule has 0 amide bonds. The fraction of sp³-hybridized carbons (Fsp3) is 0.765. The molecule has 1 fully saturated rings. The number of hydrogen-bond donors (Lipinski definition) is 2. The van der Waals surface area contributed by atoms with Crippen LogP contribution in [-0.4, -0.2) is 89.0 Å². The standard InChI is InChI=1S/C17H26O11S/c1-8(19)24-6-13-14(25-9(2)20)15(26-10(3)21)16(27-11(4)22)17(28-13)29-7-12(23)5-18/h12-18,23H,5-7H2,1-4H3/t12?,13-,14+,15+,16-,17+/m1/s1. The molecule has 0 radical (unpaired) electrons. The van der Waals surface area contributed by atoms with E-state index in [1.807, 2.05) is 0 Å². The molecule has 11 nitrogen and oxygen atoms in total. The molecule has 1 heterocycles. The number of carbonyl (C=O) groups is 4. The van der Waals surface area contributed by atoms with Crippen molar-refractivity contribution >= 4 is 35.6 Å². The van der Waals surface area contributed by atoms with E-state index in [4.69, 9.17) is 28.8 Å². The summed E-state index contributed by atoms with van der Waals surface area (Å²) in [7, 11) is 0. The number of esters is 4. The smallest absolute Gasteiger partial charge is 0.303 e. The Morgan fingerprint density at radius 3 is 1.90 bits per heavy atom. The summed E-state index contributed by atoms with van der Waals surface area (Å²) < 4.78 is 26.6. The largest absolute Gasteiger partial charge is 0.463 e. The highest BCUT2D eigenvalue weighted by Gasteiger charge is 2.52. The van der Waals surface area contributed by atoms with Gasteiger partial charge in [-0.15, -0.1) is 11.8 Å². The number of hydrogen-bond acceptors (Lipinski definition) is 12. The molecule has 0 saturated carbocycles. The minimum absolute atomic E-state index is 0.00421. The number of carbonyl (C=O) groups excluding carboxylic acids is 4. The second kappa shape index (κ2) is 12.0. The van der Waals surface area contributed by atoms with E-state index in [1.54, 1.807) is 0 Å². The molecule has 0 aliphatic carbocycles. The first-order valence-corrected chi connectivity index (χ1v) is 9.81. The van der Waals surface area contributed by atoms with E-state index in [0.717, 1.165) is 32.5 Å². The number of aliphatic hydroxyl groups is 2. The van der Waals surface area contributed by atoms with Crippen LogP contribution in [0.25, 0.3) is 0 Å². The first-order chi connectivity index (χ1) is 13.5. The van der Waals surface area contributed by atoms with Gasteiger partial charge >= 0.3 is 23.9 Å². The van der Waals surface area contributed by atoms with Crippen molar-refractivity contribution in [2.24, 2.45) is 0 Å². The van der Waals surface area contributed by atoms with Crippen LogP contribution in [0.1, 0.15) is 27.7 Å². The van der Waals surface area contributed by atoms with Gasteiger partial charge in [-0.1, -0.05) is 0 Å². The zero-order valence-electron chi connectivity index (χ0n) is 16.6. The average Bonchev–Trinajstić information content (AvgIpc) is 2.60. The lowest BCUT2D eigenvalue weighted by atomic mass is 9.99. The fourth-order valence-corrected chi connectivity index (χ4v) is 3.72. The lowest BCUT2D eigenvalue weighted by Crippen LogP contribution is -2.61. The molecule has 0 aromatic rings. The van der Waals surface area contributed by atoms with Crippen molar-refractivity contribution in [2.75, 3.05) is 19.0 Å². The summed E-state index contributed by atoms with van der Waals surface area (Å²) in [6, 6.07) is 0. The molecular weight excluding hydrogens is 412 g/mol. The number of ether oxygens (including phenoxy) is 5. The van der Waals surface area contributed by atoms with Crippen LogP contribution < -0.4 is 0 Å². The monoisotopic (exact) mass is 438 g/mol. The molecule has 0 bridgehead atoms. The first-order valence-electron chi connectivity index (χ1n) is 8.76. The summed E-state index contributed by atoms with van der Waals surface area (Å²) in [5.41, 5.74) is -0.975. The van der Waals surface area contributed by atoms with Crippen LogP contribution in [0.15, 0.2) is 0 Å². The maximum atomic E-state index is 11.7. The van der Waals surface area contributed by atoms with E-state index in [-0.39, 0.29) is 12.4 Å². The van der Waals surface area contributed by atoms with E-state index in [0.29, 0.717) is 0 Å². The van der Waals surface area contributed by atoms with Crippen LogP contribution in [0.2, 0.25) is 0 Å². The Morgan fingerprint density at radius 1 is 0.897 bits per heavy atom. The van der Waals surface area contributed by atoms with Crippen molar-refractivity contribution in [3.8, 4) is 0 Å². The Bertz CT molecular complexity index is 596. The van der Waals surface area contributed by atoms with Gasteiger partial charge in [0.05, 0.1) is 12.7 Å². The van der Waals surface area contributed by atoms with Gasteiger partial charge < -0.3 is 33.9 Å². The highest BCUT2D eigenvalue weighted by Crippen LogP contribution is 2.34. The van der Waals surface area contributed by atoms with Gasteiger partial charge in [-0.3, -0.25) is 19.2 Å². The summed E-state index contributed by atoms with van der Waals surface area (Å²) in [6.07, 6.45) is -5.78. The third-order valence-corrected chi connectivity index (χ3v) is 4.90. The van der Waals surface area contributed by atoms with Crippen LogP contribution in [-0.2, 0) is 42.9 Å². The molecule has 29 heavy (non-hydrogen) atoms. The number of aliphatic hydroxyl groups excluding tert-OH is 2. The minimum Gasteiger partial charge on any atom is -0.463 e. The quantitative estimate of drug-likeness (QED) is 0.340. The zero-order valence-corrected chi connectivity index (χ0v) is 17.4. The van der Waals surface area contributed by atoms with Gasteiger partial charge in [-0.05, 0) is 0 Å². The summed E-state index contributed by atoms with van der Waals surface area (Å²) in [5, 5.41) is 18.6. The van der Waals surface area contributed by atoms with Gasteiger partial charge in [0.1, 0.15) is 18.1 Å². The number of thioether (sulfide) groups is 1. The Hall–Kier alpha value is -1.89. The van der Waals surface area contributed by atoms with Gasteiger partial charge in [0.2, 0.25) is 0 Å². The molecule has 166 valence electrons. The van der Waals surface area contributed by atoms with Gasteiger partial charge in [0, 0.05) is 33.4 Å².